The van der Waals surface area contributed by atoms with E-state index in [0.29, 0.717) is 11.4 Å². The zero-order valence-electron chi connectivity index (χ0n) is 9.63. The predicted octanol–water partition coefficient (Wildman–Crippen LogP) is 2.26. The number of amides is 1. The lowest BCUT2D eigenvalue weighted by Crippen LogP contribution is -2.28. The molecule has 0 radical (unpaired) electrons. The number of rotatable bonds is 3. The van der Waals surface area contributed by atoms with Crippen molar-refractivity contribution in [1.82, 2.24) is 0 Å². The normalized spacial score (nSPS) is 19.0. The fraction of sp³-hybridized carbons (Fsp3) is 0.250. The van der Waals surface area contributed by atoms with Gasteiger partial charge in [0.1, 0.15) is 0 Å². The molecule has 1 aliphatic rings. The second-order valence-electron chi connectivity index (χ2n) is 3.99. The van der Waals surface area contributed by atoms with E-state index in [2.05, 4.69) is 21.0 Å². The van der Waals surface area contributed by atoms with Crippen LogP contribution in [0.1, 0.15) is 13.3 Å². The van der Waals surface area contributed by atoms with Crippen LogP contribution >= 0.6 is 15.9 Å². The summed E-state index contributed by atoms with van der Waals surface area (Å²) >= 11 is 3.35. The molecule has 0 saturated heterocycles. The van der Waals surface area contributed by atoms with Gasteiger partial charge < -0.3 is 5.11 Å². The molecule has 2 rings (SSSR count). The van der Waals surface area contributed by atoms with Gasteiger partial charge in [0.05, 0.1) is 18.0 Å². The zero-order valence-corrected chi connectivity index (χ0v) is 11.2. The number of halogens is 1. The van der Waals surface area contributed by atoms with E-state index in [9.17, 15) is 9.59 Å². The number of nitrogens with zero attached hydrogens (tertiary/aromatic N) is 2. The molecule has 6 heteroatoms. The third-order valence-corrected chi connectivity index (χ3v) is 3.40. The van der Waals surface area contributed by atoms with Crippen molar-refractivity contribution in [1.29, 1.82) is 0 Å². The molecule has 94 valence electrons. The minimum Gasteiger partial charge on any atom is -0.481 e. The molecule has 0 aliphatic carbocycles. The summed E-state index contributed by atoms with van der Waals surface area (Å²) in [5.41, 5.74) is 1.15. The number of benzene rings is 1. The van der Waals surface area contributed by atoms with Gasteiger partial charge in [-0.15, -0.1) is 0 Å². The Morgan fingerprint density at radius 2 is 2.17 bits per heavy atom. The Morgan fingerprint density at radius 3 is 2.78 bits per heavy atom. The number of carboxylic acid groups (broad SMARTS) is 1. The monoisotopic (exact) mass is 310 g/mol. The molecule has 18 heavy (non-hydrogen) atoms. The quantitative estimate of drug-likeness (QED) is 0.931. The number of hydrogen-bond donors (Lipinski definition) is 1. The van der Waals surface area contributed by atoms with Gasteiger partial charge in [-0.25, -0.2) is 0 Å². The minimum absolute atomic E-state index is 0.227. The topological polar surface area (TPSA) is 70.0 Å². The predicted molar refractivity (Wildman–Crippen MR) is 70.5 cm³/mol. The van der Waals surface area contributed by atoms with Crippen molar-refractivity contribution in [2.24, 2.45) is 11.0 Å². The first-order valence-corrected chi connectivity index (χ1v) is 6.15. The van der Waals surface area contributed by atoms with Crippen molar-refractivity contribution in [2.45, 2.75) is 13.3 Å². The highest BCUT2D eigenvalue weighted by Gasteiger charge is 2.36. The first kappa shape index (κ1) is 12.8. The van der Waals surface area contributed by atoms with Gasteiger partial charge in [0, 0.05) is 10.2 Å². The van der Waals surface area contributed by atoms with Crippen LogP contribution in [0.4, 0.5) is 5.69 Å². The number of para-hydroxylation sites is 1. The van der Waals surface area contributed by atoms with Crippen LogP contribution in [0.5, 0.6) is 0 Å². The fourth-order valence-corrected chi connectivity index (χ4v) is 2.26. The van der Waals surface area contributed by atoms with Crippen LogP contribution in [0.25, 0.3) is 0 Å². The highest BCUT2D eigenvalue weighted by Crippen LogP contribution is 2.31. The summed E-state index contributed by atoms with van der Waals surface area (Å²) in [5.74, 6) is -1.98. The van der Waals surface area contributed by atoms with Crippen molar-refractivity contribution < 1.29 is 14.7 Å². The number of hydrazone groups is 1. The number of anilines is 1. The van der Waals surface area contributed by atoms with Crippen molar-refractivity contribution in [3.05, 3.63) is 28.7 Å². The molecule has 1 heterocycles. The molecular weight excluding hydrogens is 300 g/mol. The molecule has 5 nitrogen and oxygen atoms in total. The van der Waals surface area contributed by atoms with Crippen molar-refractivity contribution in [3.63, 3.8) is 0 Å². The van der Waals surface area contributed by atoms with Crippen LogP contribution in [0.2, 0.25) is 0 Å². The summed E-state index contributed by atoms with van der Waals surface area (Å²) in [5, 5.41) is 14.2. The Bertz CT molecular complexity index is 542. The maximum absolute atomic E-state index is 12.1. The fourth-order valence-electron chi connectivity index (χ4n) is 1.81. The highest BCUT2D eigenvalue weighted by atomic mass is 79.9. The van der Waals surface area contributed by atoms with Gasteiger partial charge in [0.15, 0.2) is 0 Å². The number of hydrogen-bond acceptors (Lipinski definition) is 3. The molecule has 0 bridgehead atoms. The zero-order chi connectivity index (χ0) is 13.3. The maximum Gasteiger partial charge on any atom is 0.304 e. The third-order valence-electron chi connectivity index (χ3n) is 2.73. The number of aliphatic carboxylic acids is 1. The van der Waals surface area contributed by atoms with Gasteiger partial charge in [-0.1, -0.05) is 12.1 Å². The van der Waals surface area contributed by atoms with E-state index >= 15 is 0 Å². The van der Waals surface area contributed by atoms with Crippen LogP contribution in [-0.4, -0.2) is 22.7 Å². The average Bonchev–Trinajstić information content (AvgIpc) is 2.57. The first-order chi connectivity index (χ1) is 8.50. The molecule has 1 aromatic carbocycles. The molecule has 0 saturated carbocycles. The standard InChI is InChI=1S/C12H11BrN2O3/c1-7-8(6-11(16)17)12(18)15(14-7)10-5-3-2-4-9(10)13/h2-5,8H,6H2,1H3,(H,16,17). The SMILES string of the molecule is CC1=NN(c2ccccc2Br)C(=O)C1CC(=O)O. The van der Waals surface area contributed by atoms with E-state index in [0.717, 1.165) is 4.47 Å². The molecule has 1 N–H and O–H groups in total. The third kappa shape index (κ3) is 2.28. The molecule has 1 aromatic rings. The van der Waals surface area contributed by atoms with E-state index in [4.69, 9.17) is 5.11 Å². The summed E-state index contributed by atoms with van der Waals surface area (Å²) in [6.07, 6.45) is -0.227. The van der Waals surface area contributed by atoms with Crippen molar-refractivity contribution in [3.8, 4) is 0 Å². The Hall–Kier alpha value is -1.69. The molecule has 0 aromatic heterocycles. The summed E-state index contributed by atoms with van der Waals surface area (Å²) in [4.78, 5) is 22.9. The van der Waals surface area contributed by atoms with Gasteiger partial charge in [-0.2, -0.15) is 10.1 Å². The molecule has 1 amide bonds. The molecule has 1 aliphatic heterocycles. The summed E-state index contributed by atoms with van der Waals surface area (Å²) < 4.78 is 0.742. The van der Waals surface area contributed by atoms with E-state index < -0.39 is 11.9 Å². The van der Waals surface area contributed by atoms with Gasteiger partial charge in [0.2, 0.25) is 0 Å². The smallest absolute Gasteiger partial charge is 0.304 e. The molecule has 0 spiro atoms. The first-order valence-electron chi connectivity index (χ1n) is 5.36. The van der Waals surface area contributed by atoms with E-state index in [1.165, 1.54) is 5.01 Å². The van der Waals surface area contributed by atoms with Crippen LogP contribution in [0, 0.1) is 5.92 Å². The summed E-state index contributed by atoms with van der Waals surface area (Å²) in [6.45, 7) is 1.67. The Labute approximate surface area is 112 Å². The lowest BCUT2D eigenvalue weighted by molar-refractivity contribution is -0.139. The van der Waals surface area contributed by atoms with Gasteiger partial charge in [-0.05, 0) is 35.0 Å². The molecule has 1 atom stereocenters. The van der Waals surface area contributed by atoms with E-state index in [1.807, 2.05) is 6.07 Å². The molecule has 0 fully saturated rings. The van der Waals surface area contributed by atoms with Gasteiger partial charge in [0.25, 0.3) is 5.91 Å². The van der Waals surface area contributed by atoms with Gasteiger partial charge >= 0.3 is 5.97 Å². The molecular formula is C12H11BrN2O3. The van der Waals surface area contributed by atoms with Crippen LogP contribution in [0.3, 0.4) is 0 Å². The Balaban J connectivity index is 2.31. The second kappa shape index (κ2) is 4.89. The Kier molecular flexibility index (Phi) is 3.47. The number of carboxylic acids is 1. The van der Waals surface area contributed by atoms with Gasteiger partial charge in [-0.3, -0.25) is 9.59 Å². The average molecular weight is 311 g/mol. The number of carbonyl (C=O) groups is 2. The van der Waals surface area contributed by atoms with Crippen molar-refractivity contribution >= 4 is 39.2 Å². The Morgan fingerprint density at radius 1 is 1.50 bits per heavy atom. The van der Waals surface area contributed by atoms with Crippen molar-refractivity contribution in [2.75, 3.05) is 5.01 Å². The summed E-state index contributed by atoms with van der Waals surface area (Å²) in [6, 6.07) is 7.18. The second-order valence-corrected chi connectivity index (χ2v) is 4.85. The largest absolute Gasteiger partial charge is 0.481 e. The van der Waals surface area contributed by atoms with Crippen LogP contribution in [0.15, 0.2) is 33.8 Å². The van der Waals surface area contributed by atoms with E-state index in [-0.39, 0.29) is 12.3 Å². The van der Waals surface area contributed by atoms with Crippen LogP contribution in [-0.2, 0) is 9.59 Å². The van der Waals surface area contributed by atoms with E-state index in [1.54, 1.807) is 25.1 Å². The lowest BCUT2D eigenvalue weighted by Gasteiger charge is -2.14. The molecule has 1 unspecified atom stereocenters. The van der Waals surface area contributed by atoms with Crippen LogP contribution < -0.4 is 5.01 Å². The number of carbonyl (C=O) groups excluding carboxylic acids is 1. The lowest BCUT2D eigenvalue weighted by atomic mass is 10.0. The highest BCUT2D eigenvalue weighted by molar-refractivity contribution is 9.10. The summed E-state index contributed by atoms with van der Waals surface area (Å²) in [7, 11) is 0. The maximum atomic E-state index is 12.1. The minimum atomic E-state index is -1.00.